The molecule has 0 N–H and O–H groups in total. The summed E-state index contributed by atoms with van der Waals surface area (Å²) in [4.78, 5) is 9.53. The quantitative estimate of drug-likeness (QED) is 0.553. The Bertz CT molecular complexity index is 665. The molecule has 0 aromatic heterocycles. The molecule has 0 radical (unpaired) electrons. The minimum absolute atomic E-state index is 0.460. The highest BCUT2D eigenvalue weighted by Gasteiger charge is 2.14. The molecule has 118 valence electrons. The second kappa shape index (κ2) is 7.06. The summed E-state index contributed by atoms with van der Waals surface area (Å²) in [6.45, 7) is 6.92. The predicted octanol–water partition coefficient (Wildman–Crippen LogP) is 4.93. The Labute approximate surface area is 126 Å². The second-order valence-electron chi connectivity index (χ2n) is 5.00. The standard InChI is InChI=1S/C8H8F2.C8H8FNO2/c1-5-3-7(9)8(10)4-6(5)2;1-5-3-7(9)8(10(11)12)4-6(5)2/h3-4H,1-2H3;3-4H,1-2H3. The fourth-order valence-corrected chi connectivity index (χ4v) is 1.65. The average Bonchev–Trinajstić information content (AvgIpc) is 2.41. The van der Waals surface area contributed by atoms with Crippen LogP contribution in [-0.2, 0) is 0 Å². The van der Waals surface area contributed by atoms with Crippen molar-refractivity contribution in [3.8, 4) is 0 Å². The van der Waals surface area contributed by atoms with Crippen molar-refractivity contribution >= 4 is 5.69 Å². The topological polar surface area (TPSA) is 43.1 Å². The number of nitro groups is 1. The molecule has 0 spiro atoms. The highest BCUT2D eigenvalue weighted by Crippen LogP contribution is 2.20. The Morgan fingerprint density at radius 3 is 1.41 bits per heavy atom. The van der Waals surface area contributed by atoms with Crippen molar-refractivity contribution in [2.45, 2.75) is 27.7 Å². The Hall–Kier alpha value is -2.37. The average molecular weight is 311 g/mol. The third-order valence-electron chi connectivity index (χ3n) is 3.30. The molecule has 0 aliphatic heterocycles. The van der Waals surface area contributed by atoms with E-state index in [1.165, 1.54) is 24.3 Å². The van der Waals surface area contributed by atoms with Gasteiger partial charge in [0.2, 0.25) is 5.82 Å². The minimum Gasteiger partial charge on any atom is -0.258 e. The summed E-state index contributed by atoms with van der Waals surface area (Å²) in [6, 6.07) is 4.81. The van der Waals surface area contributed by atoms with Gasteiger partial charge in [0, 0.05) is 6.07 Å². The lowest BCUT2D eigenvalue weighted by molar-refractivity contribution is -0.387. The number of nitro benzene ring substituents is 1. The van der Waals surface area contributed by atoms with E-state index in [4.69, 9.17) is 0 Å². The molecule has 0 bridgehead atoms. The van der Waals surface area contributed by atoms with E-state index in [1.807, 2.05) is 0 Å². The largest absolute Gasteiger partial charge is 0.305 e. The van der Waals surface area contributed by atoms with Gasteiger partial charge >= 0.3 is 5.69 Å². The summed E-state index contributed by atoms with van der Waals surface area (Å²) in [5.41, 5.74) is 2.54. The van der Waals surface area contributed by atoms with Crippen LogP contribution in [0.2, 0.25) is 0 Å². The first-order valence-electron chi connectivity index (χ1n) is 6.47. The SMILES string of the molecule is Cc1cc(F)c(F)cc1C.Cc1cc(F)c([N+](=O)[O-])cc1C. The van der Waals surface area contributed by atoms with Crippen LogP contribution in [0.3, 0.4) is 0 Å². The molecule has 2 rings (SSSR count). The minimum atomic E-state index is -0.775. The van der Waals surface area contributed by atoms with Gasteiger partial charge in [-0.2, -0.15) is 4.39 Å². The monoisotopic (exact) mass is 311 g/mol. The van der Waals surface area contributed by atoms with Crippen molar-refractivity contribution < 1.29 is 18.1 Å². The van der Waals surface area contributed by atoms with Gasteiger partial charge in [-0.15, -0.1) is 0 Å². The summed E-state index contributed by atoms with van der Waals surface area (Å²) in [6.07, 6.45) is 0. The zero-order valence-electron chi connectivity index (χ0n) is 12.7. The van der Waals surface area contributed by atoms with Crippen molar-refractivity contribution in [1.29, 1.82) is 0 Å². The van der Waals surface area contributed by atoms with Crippen molar-refractivity contribution in [3.05, 3.63) is 74.1 Å². The molecule has 2 aromatic carbocycles. The van der Waals surface area contributed by atoms with E-state index in [2.05, 4.69) is 0 Å². The lowest BCUT2D eigenvalue weighted by Gasteiger charge is -1.99. The second-order valence-corrected chi connectivity index (χ2v) is 5.00. The number of hydrogen-bond acceptors (Lipinski definition) is 2. The molecular weight excluding hydrogens is 295 g/mol. The molecule has 6 heteroatoms. The highest BCUT2D eigenvalue weighted by molar-refractivity contribution is 5.40. The first-order chi connectivity index (χ1) is 10.1. The maximum absolute atomic E-state index is 12.8. The zero-order valence-corrected chi connectivity index (χ0v) is 12.7. The fourth-order valence-electron chi connectivity index (χ4n) is 1.65. The number of benzene rings is 2. The fraction of sp³-hybridized carbons (Fsp3) is 0.250. The summed E-state index contributed by atoms with van der Waals surface area (Å²) in [5.74, 6) is -2.32. The van der Waals surface area contributed by atoms with Crippen LogP contribution < -0.4 is 0 Å². The van der Waals surface area contributed by atoms with Crippen LogP contribution in [0, 0.1) is 55.3 Å². The lowest BCUT2D eigenvalue weighted by Crippen LogP contribution is -1.94. The molecule has 0 aliphatic carbocycles. The number of hydrogen-bond donors (Lipinski definition) is 0. The molecule has 0 unspecified atom stereocenters. The molecule has 0 saturated carbocycles. The summed E-state index contributed by atoms with van der Waals surface area (Å²) < 4.78 is 37.6. The van der Waals surface area contributed by atoms with Gasteiger partial charge in [0.15, 0.2) is 11.6 Å². The molecule has 3 nitrogen and oxygen atoms in total. The summed E-state index contributed by atoms with van der Waals surface area (Å²) in [7, 11) is 0. The van der Waals surface area contributed by atoms with Crippen LogP contribution in [0.1, 0.15) is 22.3 Å². The molecule has 0 amide bonds. The summed E-state index contributed by atoms with van der Waals surface area (Å²) in [5, 5.41) is 10.3. The molecule has 0 atom stereocenters. The maximum Gasteiger partial charge on any atom is 0.305 e. The number of aryl methyl sites for hydroxylation is 4. The van der Waals surface area contributed by atoms with E-state index in [1.54, 1.807) is 27.7 Å². The van der Waals surface area contributed by atoms with Crippen molar-refractivity contribution in [2.75, 3.05) is 0 Å². The zero-order chi connectivity index (χ0) is 17.0. The van der Waals surface area contributed by atoms with Gasteiger partial charge in [0.1, 0.15) is 0 Å². The molecule has 0 heterocycles. The van der Waals surface area contributed by atoms with Gasteiger partial charge in [0.05, 0.1) is 4.92 Å². The maximum atomic E-state index is 12.8. The first-order valence-corrected chi connectivity index (χ1v) is 6.47. The van der Waals surface area contributed by atoms with Crippen LogP contribution in [0.15, 0.2) is 24.3 Å². The molecular formula is C16H16F3NO2. The Balaban J connectivity index is 0.000000224. The van der Waals surface area contributed by atoms with Gasteiger partial charge in [0.25, 0.3) is 0 Å². The van der Waals surface area contributed by atoms with Gasteiger partial charge in [-0.25, -0.2) is 8.78 Å². The molecule has 2 aromatic rings. The molecule has 0 aliphatic rings. The van der Waals surface area contributed by atoms with Crippen LogP contribution in [0.25, 0.3) is 0 Å². The third-order valence-corrected chi connectivity index (χ3v) is 3.30. The number of halogens is 3. The van der Waals surface area contributed by atoms with Gasteiger partial charge in [-0.1, -0.05) is 0 Å². The van der Waals surface area contributed by atoms with E-state index in [9.17, 15) is 23.3 Å². The van der Waals surface area contributed by atoms with Gasteiger partial charge < -0.3 is 0 Å². The van der Waals surface area contributed by atoms with E-state index in [0.29, 0.717) is 0 Å². The normalized spacial score (nSPS) is 9.95. The van der Waals surface area contributed by atoms with E-state index >= 15 is 0 Å². The van der Waals surface area contributed by atoms with Gasteiger partial charge in [-0.05, 0) is 68.1 Å². The van der Waals surface area contributed by atoms with Crippen molar-refractivity contribution in [1.82, 2.24) is 0 Å². The number of rotatable bonds is 1. The Morgan fingerprint density at radius 1 is 0.727 bits per heavy atom. The van der Waals surface area contributed by atoms with Crippen LogP contribution >= 0.6 is 0 Å². The third kappa shape index (κ3) is 4.31. The smallest absolute Gasteiger partial charge is 0.258 e. The predicted molar refractivity (Wildman–Crippen MR) is 78.4 cm³/mol. The Morgan fingerprint density at radius 2 is 1.05 bits per heavy atom. The van der Waals surface area contributed by atoms with E-state index in [-0.39, 0.29) is 0 Å². The molecule has 0 fully saturated rings. The molecule has 0 saturated heterocycles. The first kappa shape index (κ1) is 17.7. The Kier molecular flexibility index (Phi) is 5.68. The van der Waals surface area contributed by atoms with E-state index in [0.717, 1.165) is 22.3 Å². The van der Waals surface area contributed by atoms with Gasteiger partial charge in [-0.3, -0.25) is 10.1 Å². The highest BCUT2D eigenvalue weighted by atomic mass is 19.2. The summed E-state index contributed by atoms with van der Waals surface area (Å²) >= 11 is 0. The van der Waals surface area contributed by atoms with E-state index < -0.39 is 28.1 Å². The molecule has 22 heavy (non-hydrogen) atoms. The van der Waals surface area contributed by atoms with Crippen molar-refractivity contribution in [3.63, 3.8) is 0 Å². The van der Waals surface area contributed by atoms with Crippen LogP contribution in [-0.4, -0.2) is 4.92 Å². The van der Waals surface area contributed by atoms with Crippen molar-refractivity contribution in [2.24, 2.45) is 0 Å². The van der Waals surface area contributed by atoms with Crippen LogP contribution in [0.5, 0.6) is 0 Å². The lowest BCUT2D eigenvalue weighted by atomic mass is 10.1. The number of nitrogens with zero attached hydrogens (tertiary/aromatic N) is 1. The van der Waals surface area contributed by atoms with Crippen LogP contribution in [0.4, 0.5) is 18.9 Å².